The van der Waals surface area contributed by atoms with Gasteiger partial charge in [-0.25, -0.2) is 0 Å². The SMILES string of the molecule is CCOc1ccc2[nH]c(C3CCCCN3)c(Br)c2c1. The first-order valence-corrected chi connectivity index (χ1v) is 7.76. The second kappa shape index (κ2) is 5.55. The Balaban J connectivity index is 1.99. The van der Waals surface area contributed by atoms with Gasteiger partial charge in [-0.3, -0.25) is 0 Å². The maximum atomic E-state index is 5.57. The van der Waals surface area contributed by atoms with Gasteiger partial charge >= 0.3 is 0 Å². The second-order valence-corrected chi connectivity index (χ2v) is 5.79. The molecule has 1 aliphatic heterocycles. The van der Waals surface area contributed by atoms with Crippen molar-refractivity contribution in [2.24, 2.45) is 0 Å². The molecule has 4 heteroatoms. The quantitative estimate of drug-likeness (QED) is 0.890. The van der Waals surface area contributed by atoms with Gasteiger partial charge in [0.2, 0.25) is 0 Å². The van der Waals surface area contributed by atoms with E-state index >= 15 is 0 Å². The van der Waals surface area contributed by atoms with Gasteiger partial charge in [0.25, 0.3) is 0 Å². The topological polar surface area (TPSA) is 37.0 Å². The summed E-state index contributed by atoms with van der Waals surface area (Å²) >= 11 is 3.75. The van der Waals surface area contributed by atoms with Gasteiger partial charge in [0, 0.05) is 27.1 Å². The Hall–Kier alpha value is -1.00. The Bertz CT molecular complexity index is 573. The van der Waals surface area contributed by atoms with Crippen LogP contribution in [0.5, 0.6) is 5.75 Å². The number of nitrogens with one attached hydrogen (secondary N) is 2. The van der Waals surface area contributed by atoms with Crippen LogP contribution in [0.3, 0.4) is 0 Å². The first kappa shape index (κ1) is 13.0. The normalized spacial score (nSPS) is 19.8. The molecule has 2 aromatic rings. The molecule has 1 aromatic heterocycles. The highest BCUT2D eigenvalue weighted by molar-refractivity contribution is 9.10. The van der Waals surface area contributed by atoms with Crippen molar-refractivity contribution >= 4 is 26.8 Å². The van der Waals surface area contributed by atoms with E-state index in [0.29, 0.717) is 12.6 Å². The Morgan fingerprint density at radius 1 is 1.37 bits per heavy atom. The molecule has 2 heterocycles. The largest absolute Gasteiger partial charge is 0.494 e. The first-order chi connectivity index (χ1) is 9.29. The molecule has 2 N–H and O–H groups in total. The number of piperidine rings is 1. The Morgan fingerprint density at radius 2 is 2.26 bits per heavy atom. The molecule has 1 aromatic carbocycles. The van der Waals surface area contributed by atoms with Crippen molar-refractivity contribution in [1.82, 2.24) is 10.3 Å². The number of halogens is 1. The summed E-state index contributed by atoms with van der Waals surface area (Å²) in [6.07, 6.45) is 3.77. The Labute approximate surface area is 121 Å². The zero-order valence-electron chi connectivity index (χ0n) is 11.1. The molecule has 0 spiro atoms. The summed E-state index contributed by atoms with van der Waals surface area (Å²) in [5, 5.41) is 4.79. The third-order valence-corrected chi connectivity index (χ3v) is 4.56. The van der Waals surface area contributed by atoms with Gasteiger partial charge < -0.3 is 15.0 Å². The van der Waals surface area contributed by atoms with E-state index in [1.807, 2.05) is 13.0 Å². The molecule has 0 bridgehead atoms. The highest BCUT2D eigenvalue weighted by Crippen LogP contribution is 2.36. The molecule has 0 aliphatic carbocycles. The average Bonchev–Trinajstić information content (AvgIpc) is 2.78. The molecule has 3 nitrogen and oxygen atoms in total. The molecule has 0 radical (unpaired) electrons. The zero-order chi connectivity index (χ0) is 13.2. The predicted octanol–water partition coefficient (Wildman–Crippen LogP) is 4.14. The summed E-state index contributed by atoms with van der Waals surface area (Å²) in [4.78, 5) is 3.54. The lowest BCUT2D eigenvalue weighted by molar-refractivity contribution is 0.340. The van der Waals surface area contributed by atoms with Gasteiger partial charge in [-0.1, -0.05) is 6.42 Å². The number of H-pyrrole nitrogens is 1. The van der Waals surface area contributed by atoms with Gasteiger partial charge in [-0.2, -0.15) is 0 Å². The van der Waals surface area contributed by atoms with Gasteiger partial charge in [-0.05, 0) is 60.4 Å². The van der Waals surface area contributed by atoms with Crippen LogP contribution in [-0.4, -0.2) is 18.1 Å². The zero-order valence-corrected chi connectivity index (χ0v) is 12.7. The number of aromatic nitrogens is 1. The van der Waals surface area contributed by atoms with Crippen molar-refractivity contribution < 1.29 is 4.74 Å². The monoisotopic (exact) mass is 322 g/mol. The molecule has 19 heavy (non-hydrogen) atoms. The molecule has 0 saturated carbocycles. The number of fused-ring (bicyclic) bond motifs is 1. The van der Waals surface area contributed by atoms with Crippen molar-refractivity contribution in [3.63, 3.8) is 0 Å². The second-order valence-electron chi connectivity index (χ2n) is 5.00. The van der Waals surface area contributed by atoms with E-state index < -0.39 is 0 Å². The summed E-state index contributed by atoms with van der Waals surface area (Å²) in [6.45, 7) is 3.81. The van der Waals surface area contributed by atoms with Gasteiger partial charge in [0.05, 0.1) is 6.61 Å². The highest BCUT2D eigenvalue weighted by Gasteiger charge is 2.20. The highest BCUT2D eigenvalue weighted by atomic mass is 79.9. The van der Waals surface area contributed by atoms with Crippen molar-refractivity contribution in [2.45, 2.75) is 32.2 Å². The standard InChI is InChI=1S/C15H19BrN2O/c1-2-19-10-6-7-12-11(9-10)14(16)15(18-12)13-5-3-4-8-17-13/h6-7,9,13,17-18H,2-5,8H2,1H3. The van der Waals surface area contributed by atoms with Crippen LogP contribution in [-0.2, 0) is 0 Å². The maximum Gasteiger partial charge on any atom is 0.120 e. The maximum absolute atomic E-state index is 5.57. The third kappa shape index (κ3) is 2.51. The minimum Gasteiger partial charge on any atom is -0.494 e. The fourth-order valence-corrected chi connectivity index (χ4v) is 3.46. The lowest BCUT2D eigenvalue weighted by Gasteiger charge is -2.22. The van der Waals surface area contributed by atoms with Crippen LogP contribution in [0.1, 0.15) is 37.9 Å². The minimum atomic E-state index is 0.436. The molecular weight excluding hydrogens is 304 g/mol. The molecular formula is C15H19BrN2O. The van der Waals surface area contributed by atoms with Crippen molar-refractivity contribution in [3.8, 4) is 5.75 Å². The molecule has 1 fully saturated rings. The van der Waals surface area contributed by atoms with Crippen molar-refractivity contribution in [1.29, 1.82) is 0 Å². The summed E-state index contributed by atoms with van der Waals surface area (Å²) in [5.41, 5.74) is 2.43. The lowest BCUT2D eigenvalue weighted by Crippen LogP contribution is -2.27. The molecule has 3 rings (SSSR count). The van der Waals surface area contributed by atoms with Crippen LogP contribution in [0.4, 0.5) is 0 Å². The number of ether oxygens (including phenoxy) is 1. The van der Waals surface area contributed by atoms with Crippen molar-refractivity contribution in [3.05, 3.63) is 28.4 Å². The average molecular weight is 323 g/mol. The summed E-state index contributed by atoms with van der Waals surface area (Å²) < 4.78 is 6.74. The van der Waals surface area contributed by atoms with E-state index in [2.05, 4.69) is 38.4 Å². The van der Waals surface area contributed by atoms with E-state index in [4.69, 9.17) is 4.74 Å². The third-order valence-electron chi connectivity index (χ3n) is 3.70. The Morgan fingerprint density at radius 3 is 3.00 bits per heavy atom. The van der Waals surface area contributed by atoms with E-state index in [-0.39, 0.29) is 0 Å². The molecule has 102 valence electrons. The molecule has 1 atom stereocenters. The number of aromatic amines is 1. The smallest absolute Gasteiger partial charge is 0.120 e. The molecule has 1 saturated heterocycles. The molecule has 0 amide bonds. The Kier molecular flexibility index (Phi) is 3.80. The summed E-state index contributed by atoms with van der Waals surface area (Å²) in [7, 11) is 0. The van der Waals surface area contributed by atoms with Crippen LogP contribution in [0.15, 0.2) is 22.7 Å². The number of rotatable bonds is 3. The van der Waals surface area contributed by atoms with E-state index in [1.54, 1.807) is 0 Å². The summed E-state index contributed by atoms with van der Waals surface area (Å²) in [6, 6.07) is 6.65. The number of hydrogen-bond donors (Lipinski definition) is 2. The van der Waals surface area contributed by atoms with Gasteiger partial charge in [-0.15, -0.1) is 0 Å². The van der Waals surface area contributed by atoms with E-state index in [1.165, 1.54) is 34.8 Å². The van der Waals surface area contributed by atoms with Gasteiger partial charge in [0.1, 0.15) is 5.75 Å². The predicted molar refractivity (Wildman–Crippen MR) is 81.8 cm³/mol. The molecule has 1 aliphatic rings. The van der Waals surface area contributed by atoms with Crippen LogP contribution < -0.4 is 10.1 Å². The van der Waals surface area contributed by atoms with Crippen molar-refractivity contribution in [2.75, 3.05) is 13.2 Å². The first-order valence-electron chi connectivity index (χ1n) is 6.97. The van der Waals surface area contributed by atoms with Crippen LogP contribution in [0.25, 0.3) is 10.9 Å². The number of hydrogen-bond acceptors (Lipinski definition) is 2. The van der Waals surface area contributed by atoms with E-state index in [0.717, 1.165) is 17.8 Å². The van der Waals surface area contributed by atoms with Crippen LogP contribution >= 0.6 is 15.9 Å². The minimum absolute atomic E-state index is 0.436. The van der Waals surface area contributed by atoms with Crippen LogP contribution in [0.2, 0.25) is 0 Å². The number of benzene rings is 1. The lowest BCUT2D eigenvalue weighted by atomic mass is 10.0. The van der Waals surface area contributed by atoms with E-state index in [9.17, 15) is 0 Å². The summed E-state index contributed by atoms with van der Waals surface area (Å²) in [5.74, 6) is 0.929. The fraction of sp³-hybridized carbons (Fsp3) is 0.467. The van der Waals surface area contributed by atoms with Gasteiger partial charge in [0.15, 0.2) is 0 Å². The van der Waals surface area contributed by atoms with Crippen LogP contribution in [0, 0.1) is 0 Å². The molecule has 1 unspecified atom stereocenters. The fourth-order valence-electron chi connectivity index (χ4n) is 2.75.